The molecule has 3 aromatic carbocycles. The fraction of sp³-hybridized carbons (Fsp3) is 0.120. The maximum Gasteiger partial charge on any atom is 0.252 e. The number of amides is 2. The lowest BCUT2D eigenvalue weighted by Gasteiger charge is -2.15. The summed E-state index contributed by atoms with van der Waals surface area (Å²) in [6, 6.07) is 29.4. The summed E-state index contributed by atoms with van der Waals surface area (Å²) in [7, 11) is -0.863. The van der Waals surface area contributed by atoms with E-state index in [1.807, 2.05) is 66.7 Å². The van der Waals surface area contributed by atoms with Crippen LogP contribution in [0.4, 0.5) is 5.13 Å². The van der Waals surface area contributed by atoms with Gasteiger partial charge in [0.2, 0.25) is 11.0 Å². The first-order chi connectivity index (χ1) is 16.2. The number of likely N-dealkylation sites (tertiary alicyclic amines) is 1. The molecular weight excluding hydrogens is 451 g/mol. The van der Waals surface area contributed by atoms with Crippen LogP contribution in [0.15, 0.2) is 91.0 Å². The van der Waals surface area contributed by atoms with Gasteiger partial charge in [0.25, 0.3) is 5.91 Å². The Kier molecular flexibility index (Phi) is 6.24. The Morgan fingerprint density at radius 1 is 0.848 bits per heavy atom. The third-order valence-electron chi connectivity index (χ3n) is 5.36. The van der Waals surface area contributed by atoms with Crippen molar-refractivity contribution in [3.8, 4) is 0 Å². The second-order valence-electron chi connectivity index (χ2n) is 7.60. The van der Waals surface area contributed by atoms with E-state index >= 15 is 0 Å². The molecule has 0 aliphatic carbocycles. The third-order valence-corrected chi connectivity index (χ3v) is 8.94. The molecule has 164 valence electrons. The first-order valence-electron chi connectivity index (χ1n) is 10.6. The number of benzene rings is 3. The molecule has 1 fully saturated rings. The molecule has 1 unspecified atom stereocenters. The first kappa shape index (κ1) is 21.4. The number of hydrogen-bond acceptors (Lipinski definition) is 6. The highest BCUT2D eigenvalue weighted by molar-refractivity contribution is 7.83. The van der Waals surface area contributed by atoms with Gasteiger partial charge in [0.15, 0.2) is 0 Å². The van der Waals surface area contributed by atoms with E-state index in [0.717, 1.165) is 10.3 Å². The van der Waals surface area contributed by atoms with Gasteiger partial charge in [0.1, 0.15) is 10.8 Å². The van der Waals surface area contributed by atoms with Crippen molar-refractivity contribution in [2.75, 3.05) is 5.32 Å². The smallest absolute Gasteiger partial charge is 0.252 e. The zero-order valence-corrected chi connectivity index (χ0v) is 19.4. The van der Waals surface area contributed by atoms with Gasteiger partial charge in [-0.25, -0.2) is 0 Å². The molecule has 1 aliphatic rings. The number of anilines is 1. The molecule has 1 aliphatic heterocycles. The van der Waals surface area contributed by atoms with Gasteiger partial charge >= 0.3 is 0 Å². The van der Waals surface area contributed by atoms with Crippen LogP contribution >= 0.6 is 19.3 Å². The highest BCUT2D eigenvalue weighted by Crippen LogP contribution is 2.35. The summed E-state index contributed by atoms with van der Waals surface area (Å²) < 4.78 is 0.891. The van der Waals surface area contributed by atoms with E-state index in [-0.39, 0.29) is 24.8 Å². The largest absolute Gasteiger partial charge is 0.348 e. The van der Waals surface area contributed by atoms with Gasteiger partial charge in [-0.2, -0.15) is 0 Å². The summed E-state index contributed by atoms with van der Waals surface area (Å²) in [6.45, 7) is 0.283. The monoisotopic (exact) mass is 472 g/mol. The van der Waals surface area contributed by atoms with Crippen LogP contribution in [0.3, 0.4) is 0 Å². The average Bonchev–Trinajstić information content (AvgIpc) is 3.41. The molecule has 33 heavy (non-hydrogen) atoms. The second-order valence-corrected chi connectivity index (χ2v) is 11.0. The van der Waals surface area contributed by atoms with Crippen LogP contribution in [-0.4, -0.2) is 33.0 Å². The van der Waals surface area contributed by atoms with E-state index in [2.05, 4.69) is 39.8 Å². The Morgan fingerprint density at radius 2 is 1.42 bits per heavy atom. The molecule has 0 saturated carbocycles. The van der Waals surface area contributed by atoms with Crippen LogP contribution in [0.2, 0.25) is 0 Å². The highest BCUT2D eigenvalue weighted by Gasteiger charge is 2.39. The number of hydrogen-bond donors (Lipinski definition) is 1. The van der Waals surface area contributed by atoms with Crippen LogP contribution in [-0.2, 0) is 16.1 Å². The maximum atomic E-state index is 12.9. The van der Waals surface area contributed by atoms with Crippen molar-refractivity contribution >= 4 is 51.6 Å². The van der Waals surface area contributed by atoms with Crippen LogP contribution in [0.25, 0.3) is 0 Å². The summed E-state index contributed by atoms with van der Waals surface area (Å²) in [5.41, 5.74) is 0.925. The molecule has 0 bridgehead atoms. The molecule has 1 aromatic heterocycles. The number of nitrogens with zero attached hydrogens (tertiary/aromatic N) is 3. The predicted octanol–water partition coefficient (Wildman–Crippen LogP) is 3.04. The minimum atomic E-state index is -0.863. The van der Waals surface area contributed by atoms with E-state index < -0.39 is 14.0 Å². The van der Waals surface area contributed by atoms with Crippen molar-refractivity contribution < 1.29 is 9.59 Å². The fourth-order valence-electron chi connectivity index (χ4n) is 3.77. The summed E-state index contributed by atoms with van der Waals surface area (Å²) in [5.74, 6) is -0.407. The summed E-state index contributed by atoms with van der Waals surface area (Å²) in [6.07, 6.45) is 0.118. The molecule has 5 rings (SSSR count). The van der Waals surface area contributed by atoms with Crippen molar-refractivity contribution in [1.82, 2.24) is 15.1 Å². The first-order valence-corrected chi connectivity index (χ1v) is 12.7. The van der Waals surface area contributed by atoms with Gasteiger partial charge in [0.05, 0.1) is 13.0 Å². The van der Waals surface area contributed by atoms with Crippen molar-refractivity contribution in [1.29, 1.82) is 0 Å². The SMILES string of the molecule is O=C1CC(Nc2nnc(P(c3ccccc3)c3ccccc3)s2)C(=O)N1Cc1ccccc1. The van der Waals surface area contributed by atoms with Crippen LogP contribution < -0.4 is 20.7 Å². The summed E-state index contributed by atoms with van der Waals surface area (Å²) in [5, 5.41) is 14.9. The van der Waals surface area contributed by atoms with Crippen molar-refractivity contribution in [3.63, 3.8) is 0 Å². The molecule has 8 heteroatoms. The third kappa shape index (κ3) is 4.70. The Balaban J connectivity index is 1.35. The zero-order valence-electron chi connectivity index (χ0n) is 17.7. The van der Waals surface area contributed by atoms with Gasteiger partial charge in [-0.3, -0.25) is 14.5 Å². The minimum Gasteiger partial charge on any atom is -0.348 e. The Hall–Kier alpha value is -3.41. The van der Waals surface area contributed by atoms with E-state index in [1.54, 1.807) is 0 Å². The number of aromatic nitrogens is 2. The highest BCUT2D eigenvalue weighted by atomic mass is 32.1. The normalized spacial score (nSPS) is 15.9. The molecule has 1 atom stereocenters. The molecule has 0 spiro atoms. The average molecular weight is 473 g/mol. The molecule has 2 heterocycles. The number of carbonyl (C=O) groups excluding carboxylic acids is 2. The molecule has 0 radical (unpaired) electrons. The molecule has 1 N–H and O–H groups in total. The lowest BCUT2D eigenvalue weighted by molar-refractivity contribution is -0.139. The number of rotatable bonds is 7. The van der Waals surface area contributed by atoms with Crippen LogP contribution in [0, 0.1) is 0 Å². The van der Waals surface area contributed by atoms with E-state index in [0.29, 0.717) is 5.13 Å². The van der Waals surface area contributed by atoms with Crippen LogP contribution in [0.5, 0.6) is 0 Å². The lowest BCUT2D eigenvalue weighted by atomic mass is 10.2. The molecular formula is C25H21N4O2PS. The Bertz CT molecular complexity index is 1210. The van der Waals surface area contributed by atoms with Crippen molar-refractivity contribution in [2.24, 2.45) is 0 Å². The minimum absolute atomic E-state index is 0.118. The Labute approximate surface area is 197 Å². The van der Waals surface area contributed by atoms with Crippen molar-refractivity contribution in [3.05, 3.63) is 96.6 Å². The number of nitrogens with one attached hydrogen (secondary N) is 1. The van der Waals surface area contributed by atoms with E-state index in [1.165, 1.54) is 26.8 Å². The van der Waals surface area contributed by atoms with Crippen LogP contribution in [0.1, 0.15) is 12.0 Å². The van der Waals surface area contributed by atoms with E-state index in [9.17, 15) is 9.59 Å². The molecule has 6 nitrogen and oxygen atoms in total. The zero-order chi connectivity index (χ0) is 22.6. The lowest BCUT2D eigenvalue weighted by Crippen LogP contribution is -2.34. The van der Waals surface area contributed by atoms with Gasteiger partial charge < -0.3 is 5.32 Å². The summed E-state index contributed by atoms with van der Waals surface area (Å²) >= 11 is 1.44. The van der Waals surface area contributed by atoms with E-state index in [4.69, 9.17) is 0 Å². The van der Waals surface area contributed by atoms with Gasteiger partial charge in [-0.1, -0.05) is 102 Å². The molecule has 2 amide bonds. The van der Waals surface area contributed by atoms with Gasteiger partial charge in [-0.15, -0.1) is 10.2 Å². The number of carbonyl (C=O) groups is 2. The van der Waals surface area contributed by atoms with Gasteiger partial charge in [0, 0.05) is 7.92 Å². The molecule has 4 aromatic rings. The topological polar surface area (TPSA) is 75.2 Å². The molecule has 1 saturated heterocycles. The number of imide groups is 1. The second kappa shape index (κ2) is 9.61. The quantitative estimate of drug-likeness (QED) is 0.331. The Morgan fingerprint density at radius 3 is 2.03 bits per heavy atom. The fourth-order valence-corrected chi connectivity index (χ4v) is 7.37. The van der Waals surface area contributed by atoms with Gasteiger partial charge in [-0.05, 0) is 16.2 Å². The maximum absolute atomic E-state index is 12.9. The summed E-state index contributed by atoms with van der Waals surface area (Å²) in [4.78, 5) is 26.7. The van der Waals surface area contributed by atoms with Crippen molar-refractivity contribution in [2.45, 2.75) is 19.0 Å². The predicted molar refractivity (Wildman–Crippen MR) is 133 cm³/mol. The standard InChI is InChI=1S/C25H21N4O2PS/c30-22-16-21(23(31)29(22)17-18-10-4-1-5-11-18)26-24-27-28-25(33-24)32(19-12-6-2-7-13-19)20-14-8-3-9-15-20/h1-15,21H,16-17H2,(H,26,27).